The fourth-order valence-electron chi connectivity index (χ4n) is 4.47. The van der Waals surface area contributed by atoms with Crippen molar-refractivity contribution in [1.29, 1.82) is 0 Å². The van der Waals surface area contributed by atoms with Crippen LogP contribution in [0.5, 0.6) is 0 Å². The van der Waals surface area contributed by atoms with Crippen LogP contribution in [0.1, 0.15) is 105 Å². The Morgan fingerprint density at radius 1 is 0.719 bits per heavy atom. The van der Waals surface area contributed by atoms with Gasteiger partial charge in [-0.1, -0.05) is 57.6 Å². The molecule has 0 aliphatic carbocycles. The van der Waals surface area contributed by atoms with Gasteiger partial charge in [0.2, 0.25) is 0 Å². The molecule has 186 valence electrons. The molecule has 0 aromatic heterocycles. The smallest absolute Gasteiger partial charge is 0.362 e. The molecule has 3 atom stereocenters. The van der Waals surface area contributed by atoms with Crippen molar-refractivity contribution in [1.82, 2.24) is 0 Å². The van der Waals surface area contributed by atoms with Crippen LogP contribution in [0.25, 0.3) is 0 Å². The Kier molecular flexibility index (Phi) is 15.7. The van der Waals surface area contributed by atoms with Crippen molar-refractivity contribution >= 4 is 17.9 Å². The number of allylic oxidation sites excluding steroid dienone is 2. The number of hydrogen-bond acceptors (Lipinski definition) is 4. The van der Waals surface area contributed by atoms with Gasteiger partial charge >= 0.3 is 11.9 Å². The molecule has 0 aromatic carbocycles. The lowest BCUT2D eigenvalue weighted by Gasteiger charge is -2.49. The number of rotatable bonds is 20. The molecule has 0 saturated carbocycles. The summed E-state index contributed by atoms with van der Waals surface area (Å²) in [6.45, 7) is 6.50. The molecule has 3 unspecified atom stereocenters. The van der Waals surface area contributed by atoms with E-state index in [-0.39, 0.29) is 6.54 Å². The Morgan fingerprint density at radius 3 is 1.53 bits per heavy atom. The summed E-state index contributed by atoms with van der Waals surface area (Å²) in [5.41, 5.74) is 0. The van der Waals surface area contributed by atoms with Crippen LogP contribution in [0.4, 0.5) is 0 Å². The molecule has 0 aliphatic rings. The van der Waals surface area contributed by atoms with E-state index in [1.54, 1.807) is 0 Å². The van der Waals surface area contributed by atoms with Crippen molar-refractivity contribution in [2.45, 2.75) is 123 Å². The van der Waals surface area contributed by atoms with Gasteiger partial charge in [0.25, 0.3) is 0 Å². The standard InChI is InChI=1S/C25H45NO6/c1-5-6-7-8-9-10-11-12-13-14-15-16-17-18-19-26(20(2)23(27)28,21(3)24(29)30)22(4)25(31)32/h13-14,20-22H,5-12,15-19H2,1-4H3,(H2-,27,28,29,30,31,32)/b14-13+. The van der Waals surface area contributed by atoms with E-state index in [9.17, 15) is 29.7 Å². The van der Waals surface area contributed by atoms with Crippen LogP contribution in [-0.4, -0.2) is 57.3 Å². The lowest BCUT2D eigenvalue weighted by atomic mass is 10.00. The summed E-state index contributed by atoms with van der Waals surface area (Å²) in [4.78, 5) is 35.1. The SMILES string of the molecule is CCCCCCCCC/C=C/CCCCC[N+](C(C)C(=O)[O-])(C(C)C(=O)O)C(C)C(=O)O. The van der Waals surface area contributed by atoms with Crippen LogP contribution < -0.4 is 5.11 Å². The Hall–Kier alpha value is -1.89. The molecule has 32 heavy (non-hydrogen) atoms. The average molecular weight is 456 g/mol. The first-order valence-electron chi connectivity index (χ1n) is 12.3. The predicted octanol–water partition coefficient (Wildman–Crippen LogP) is 4.15. The maximum absolute atomic E-state index is 11.7. The number of unbranched alkanes of at least 4 members (excludes halogenated alkanes) is 10. The Balaban J connectivity index is 4.58. The summed E-state index contributed by atoms with van der Waals surface area (Å²) in [7, 11) is 0. The van der Waals surface area contributed by atoms with E-state index < -0.39 is 40.5 Å². The zero-order valence-electron chi connectivity index (χ0n) is 20.6. The number of aliphatic carboxylic acids is 3. The summed E-state index contributed by atoms with van der Waals surface area (Å²) < 4.78 is -0.554. The summed E-state index contributed by atoms with van der Waals surface area (Å²) in [5.74, 6) is -3.85. The summed E-state index contributed by atoms with van der Waals surface area (Å²) in [6, 6.07) is -3.58. The van der Waals surface area contributed by atoms with E-state index in [0.717, 1.165) is 25.7 Å². The maximum atomic E-state index is 11.7. The van der Waals surface area contributed by atoms with Gasteiger partial charge in [-0.15, -0.1) is 0 Å². The van der Waals surface area contributed by atoms with Gasteiger partial charge in [-0.05, 0) is 59.3 Å². The minimum atomic E-state index is -1.43. The van der Waals surface area contributed by atoms with Crippen molar-refractivity contribution in [3.8, 4) is 0 Å². The normalized spacial score (nSPS) is 16.4. The molecule has 0 radical (unpaired) electrons. The zero-order valence-corrected chi connectivity index (χ0v) is 20.6. The highest BCUT2D eigenvalue weighted by Gasteiger charge is 2.50. The van der Waals surface area contributed by atoms with Gasteiger partial charge < -0.3 is 20.1 Å². The summed E-state index contributed by atoms with van der Waals surface area (Å²) >= 11 is 0. The number of carboxylic acids is 3. The highest BCUT2D eigenvalue weighted by atomic mass is 16.4. The Morgan fingerprint density at radius 2 is 1.12 bits per heavy atom. The molecule has 0 bridgehead atoms. The van der Waals surface area contributed by atoms with E-state index in [1.807, 2.05) is 0 Å². The van der Waals surface area contributed by atoms with Gasteiger partial charge in [0, 0.05) is 0 Å². The average Bonchev–Trinajstić information content (AvgIpc) is 2.75. The Labute approximate surface area is 194 Å². The lowest BCUT2D eigenvalue weighted by Crippen LogP contribution is -2.72. The molecule has 2 N–H and O–H groups in total. The zero-order chi connectivity index (χ0) is 24.6. The van der Waals surface area contributed by atoms with Crippen molar-refractivity contribution in [3.63, 3.8) is 0 Å². The Bertz CT molecular complexity index is 539. The topological polar surface area (TPSA) is 115 Å². The quantitative estimate of drug-likeness (QED) is 0.162. The van der Waals surface area contributed by atoms with Gasteiger partial charge in [0.05, 0.1) is 12.5 Å². The predicted molar refractivity (Wildman–Crippen MR) is 124 cm³/mol. The van der Waals surface area contributed by atoms with Gasteiger partial charge in [-0.2, -0.15) is 0 Å². The second-order valence-corrected chi connectivity index (χ2v) is 8.97. The number of nitrogens with zero attached hydrogens (tertiary/aromatic N) is 1. The monoisotopic (exact) mass is 455 g/mol. The van der Waals surface area contributed by atoms with Crippen LogP contribution in [0.2, 0.25) is 0 Å². The van der Waals surface area contributed by atoms with Gasteiger partial charge in [0.1, 0.15) is 6.04 Å². The third kappa shape index (κ3) is 10.2. The third-order valence-corrected chi connectivity index (χ3v) is 6.78. The highest BCUT2D eigenvalue weighted by Crippen LogP contribution is 2.27. The van der Waals surface area contributed by atoms with E-state index in [4.69, 9.17) is 0 Å². The van der Waals surface area contributed by atoms with Gasteiger partial charge in [-0.25, -0.2) is 9.59 Å². The van der Waals surface area contributed by atoms with Crippen LogP contribution in [-0.2, 0) is 14.4 Å². The molecule has 7 nitrogen and oxygen atoms in total. The van der Waals surface area contributed by atoms with E-state index in [1.165, 1.54) is 65.7 Å². The summed E-state index contributed by atoms with van der Waals surface area (Å²) in [6.07, 6.45) is 17.7. The van der Waals surface area contributed by atoms with Crippen LogP contribution in [0, 0.1) is 0 Å². The number of carboxylic acid groups (broad SMARTS) is 3. The maximum Gasteiger partial charge on any atom is 0.362 e. The molecule has 0 fully saturated rings. The van der Waals surface area contributed by atoms with Crippen molar-refractivity contribution in [3.05, 3.63) is 12.2 Å². The molecule has 0 saturated heterocycles. The number of carbonyl (C=O) groups is 3. The first-order chi connectivity index (χ1) is 15.1. The molecule has 0 rings (SSSR count). The second-order valence-electron chi connectivity index (χ2n) is 8.97. The number of quaternary nitrogens is 1. The van der Waals surface area contributed by atoms with Gasteiger partial charge in [0.15, 0.2) is 12.1 Å². The fourth-order valence-corrected chi connectivity index (χ4v) is 4.47. The molecular formula is C25H45NO6. The minimum absolute atomic E-state index is 0.165. The van der Waals surface area contributed by atoms with Gasteiger partial charge in [-0.3, -0.25) is 4.48 Å². The number of carbonyl (C=O) groups excluding carboxylic acids is 1. The lowest BCUT2D eigenvalue weighted by molar-refractivity contribution is -0.969. The van der Waals surface area contributed by atoms with E-state index >= 15 is 0 Å². The molecule has 0 aliphatic heterocycles. The highest BCUT2D eigenvalue weighted by molar-refractivity contribution is 5.76. The first kappa shape index (κ1) is 30.1. The first-order valence-corrected chi connectivity index (χ1v) is 12.3. The largest absolute Gasteiger partial charge is 0.544 e. The molecule has 0 heterocycles. The van der Waals surface area contributed by atoms with Crippen LogP contribution >= 0.6 is 0 Å². The molecular weight excluding hydrogens is 410 g/mol. The van der Waals surface area contributed by atoms with Crippen molar-refractivity contribution in [2.24, 2.45) is 0 Å². The molecule has 7 heteroatoms. The van der Waals surface area contributed by atoms with Crippen molar-refractivity contribution in [2.75, 3.05) is 6.54 Å². The van der Waals surface area contributed by atoms with Crippen LogP contribution in [0.15, 0.2) is 12.2 Å². The fraction of sp³-hybridized carbons (Fsp3) is 0.800. The second kappa shape index (κ2) is 16.7. The van der Waals surface area contributed by atoms with E-state index in [2.05, 4.69) is 19.1 Å². The molecule has 0 aromatic rings. The number of hydrogen-bond donors (Lipinski definition) is 2. The third-order valence-electron chi connectivity index (χ3n) is 6.78. The minimum Gasteiger partial charge on any atom is -0.544 e. The molecule has 0 spiro atoms. The summed E-state index contributed by atoms with van der Waals surface area (Å²) in [5, 5.41) is 30.8. The van der Waals surface area contributed by atoms with E-state index in [0.29, 0.717) is 6.42 Å². The van der Waals surface area contributed by atoms with Crippen LogP contribution in [0.3, 0.4) is 0 Å². The molecule has 0 amide bonds. The van der Waals surface area contributed by atoms with Crippen molar-refractivity contribution < 1.29 is 34.2 Å².